The van der Waals surface area contributed by atoms with Gasteiger partial charge in [-0.25, -0.2) is 13.2 Å². The van der Waals surface area contributed by atoms with Crippen molar-refractivity contribution in [2.75, 3.05) is 6.54 Å². The van der Waals surface area contributed by atoms with Crippen LogP contribution in [0.5, 0.6) is 0 Å². The first kappa shape index (κ1) is 15.6. The number of rotatable bonds is 5. The van der Waals surface area contributed by atoms with Crippen molar-refractivity contribution in [3.8, 4) is 0 Å². The first-order chi connectivity index (χ1) is 9.90. The van der Waals surface area contributed by atoms with Gasteiger partial charge in [-0.2, -0.15) is 0 Å². The number of halogens is 3. The van der Waals surface area contributed by atoms with Gasteiger partial charge in [0.2, 0.25) is 0 Å². The molecule has 21 heavy (non-hydrogen) atoms. The zero-order valence-electron chi connectivity index (χ0n) is 12.1. The van der Waals surface area contributed by atoms with Crippen LogP contribution in [0.3, 0.4) is 0 Å². The fourth-order valence-corrected chi connectivity index (χ4v) is 2.20. The smallest absolute Gasteiger partial charge is 0.161 e. The van der Waals surface area contributed by atoms with Gasteiger partial charge in [0.05, 0.1) is 0 Å². The van der Waals surface area contributed by atoms with Crippen LogP contribution in [0.25, 0.3) is 0 Å². The molecule has 1 nitrogen and oxygen atoms in total. The van der Waals surface area contributed by atoms with Crippen LogP contribution < -0.4 is 5.32 Å². The second kappa shape index (κ2) is 6.31. The maximum Gasteiger partial charge on any atom is 0.161 e. The summed E-state index contributed by atoms with van der Waals surface area (Å²) in [6.45, 7) is 4.88. The topological polar surface area (TPSA) is 12.0 Å². The van der Waals surface area contributed by atoms with Gasteiger partial charge in [-0.3, -0.25) is 0 Å². The standard InChI is InChI=1S/C17H18F3N/c1-17(2,13-6-4-3-5-7-13)11-21-10-12-8-15(19)16(20)9-14(12)18/h3-9,21H,10-11H2,1-2H3. The predicted octanol–water partition coefficient (Wildman–Crippen LogP) is 4.17. The first-order valence-electron chi connectivity index (χ1n) is 6.80. The molecule has 0 aromatic heterocycles. The fourth-order valence-electron chi connectivity index (χ4n) is 2.20. The van der Waals surface area contributed by atoms with Crippen LogP contribution >= 0.6 is 0 Å². The van der Waals surface area contributed by atoms with Crippen LogP contribution in [0.15, 0.2) is 42.5 Å². The van der Waals surface area contributed by atoms with Gasteiger partial charge in [-0.1, -0.05) is 44.2 Å². The van der Waals surface area contributed by atoms with E-state index in [1.165, 1.54) is 0 Å². The van der Waals surface area contributed by atoms with Crippen molar-refractivity contribution >= 4 is 0 Å². The summed E-state index contributed by atoms with van der Waals surface area (Å²) in [5, 5.41) is 3.10. The average molecular weight is 293 g/mol. The van der Waals surface area contributed by atoms with E-state index < -0.39 is 17.5 Å². The highest BCUT2D eigenvalue weighted by Crippen LogP contribution is 2.22. The third-order valence-corrected chi connectivity index (χ3v) is 3.53. The Morgan fingerprint density at radius 2 is 1.52 bits per heavy atom. The van der Waals surface area contributed by atoms with Crippen molar-refractivity contribution in [3.05, 3.63) is 71.0 Å². The molecule has 0 saturated carbocycles. The molecule has 0 atom stereocenters. The Kier molecular flexibility index (Phi) is 4.68. The highest BCUT2D eigenvalue weighted by molar-refractivity contribution is 5.24. The van der Waals surface area contributed by atoms with Crippen molar-refractivity contribution < 1.29 is 13.2 Å². The molecule has 0 aliphatic carbocycles. The molecule has 0 aliphatic heterocycles. The number of hydrogen-bond acceptors (Lipinski definition) is 1. The normalized spacial score (nSPS) is 11.7. The summed E-state index contributed by atoms with van der Waals surface area (Å²) < 4.78 is 39.5. The molecular weight excluding hydrogens is 275 g/mol. The second-order valence-electron chi connectivity index (χ2n) is 5.71. The van der Waals surface area contributed by atoms with Crippen molar-refractivity contribution in [2.45, 2.75) is 25.8 Å². The lowest BCUT2D eigenvalue weighted by molar-refractivity contribution is 0.456. The molecule has 0 amide bonds. The Hall–Kier alpha value is -1.81. The predicted molar refractivity (Wildman–Crippen MR) is 77.5 cm³/mol. The Morgan fingerprint density at radius 1 is 0.905 bits per heavy atom. The van der Waals surface area contributed by atoms with Gasteiger partial charge in [0.1, 0.15) is 5.82 Å². The van der Waals surface area contributed by atoms with Gasteiger partial charge in [0.25, 0.3) is 0 Å². The van der Waals surface area contributed by atoms with Gasteiger partial charge in [-0.05, 0) is 11.6 Å². The minimum Gasteiger partial charge on any atom is -0.312 e. The molecule has 0 heterocycles. The quantitative estimate of drug-likeness (QED) is 0.816. The molecule has 4 heteroatoms. The largest absolute Gasteiger partial charge is 0.312 e. The third kappa shape index (κ3) is 3.85. The molecule has 2 rings (SSSR count). The molecule has 1 N–H and O–H groups in total. The van der Waals surface area contributed by atoms with E-state index in [1.807, 2.05) is 30.3 Å². The van der Waals surface area contributed by atoms with Crippen LogP contribution in [0, 0.1) is 17.5 Å². The summed E-state index contributed by atoms with van der Waals surface area (Å²) >= 11 is 0. The zero-order chi connectivity index (χ0) is 15.5. The van der Waals surface area contributed by atoms with E-state index in [0.29, 0.717) is 12.6 Å². The SMILES string of the molecule is CC(C)(CNCc1cc(F)c(F)cc1F)c1ccccc1. The Bertz CT molecular complexity index is 609. The monoisotopic (exact) mass is 293 g/mol. The zero-order valence-corrected chi connectivity index (χ0v) is 12.1. The lowest BCUT2D eigenvalue weighted by Crippen LogP contribution is -2.32. The molecule has 112 valence electrons. The summed E-state index contributed by atoms with van der Waals surface area (Å²) in [5.74, 6) is -2.93. The van der Waals surface area contributed by atoms with Crippen molar-refractivity contribution in [3.63, 3.8) is 0 Å². The summed E-state index contributed by atoms with van der Waals surface area (Å²) in [7, 11) is 0. The van der Waals surface area contributed by atoms with E-state index in [9.17, 15) is 13.2 Å². The van der Waals surface area contributed by atoms with Crippen LogP contribution in [-0.2, 0) is 12.0 Å². The Balaban J connectivity index is 2.00. The fraction of sp³-hybridized carbons (Fsp3) is 0.294. The number of benzene rings is 2. The highest BCUT2D eigenvalue weighted by Gasteiger charge is 2.20. The highest BCUT2D eigenvalue weighted by atomic mass is 19.2. The van der Waals surface area contributed by atoms with Crippen molar-refractivity contribution in [1.82, 2.24) is 5.32 Å². The van der Waals surface area contributed by atoms with Crippen LogP contribution in [-0.4, -0.2) is 6.54 Å². The molecule has 0 bridgehead atoms. The molecule has 0 unspecified atom stereocenters. The summed E-state index contributed by atoms with van der Waals surface area (Å²) in [6.07, 6.45) is 0. The Labute approximate surface area is 122 Å². The van der Waals surface area contributed by atoms with E-state index in [1.54, 1.807) is 0 Å². The lowest BCUT2D eigenvalue weighted by atomic mass is 9.84. The lowest BCUT2D eigenvalue weighted by Gasteiger charge is -2.26. The Morgan fingerprint density at radius 3 is 2.19 bits per heavy atom. The molecule has 2 aromatic carbocycles. The van der Waals surface area contributed by atoms with Crippen molar-refractivity contribution in [2.24, 2.45) is 0 Å². The molecule has 0 saturated heterocycles. The maximum atomic E-state index is 13.5. The summed E-state index contributed by atoms with van der Waals surface area (Å²) in [6, 6.07) is 11.4. The van der Waals surface area contributed by atoms with Gasteiger partial charge in [-0.15, -0.1) is 0 Å². The molecular formula is C17H18F3N. The van der Waals surface area contributed by atoms with Gasteiger partial charge in [0.15, 0.2) is 11.6 Å². The molecule has 0 spiro atoms. The summed E-state index contributed by atoms with van der Waals surface area (Å²) in [5.41, 5.74) is 1.14. The van der Waals surface area contributed by atoms with Gasteiger partial charge in [0, 0.05) is 30.1 Å². The van der Waals surface area contributed by atoms with E-state index in [4.69, 9.17) is 0 Å². The van der Waals surface area contributed by atoms with Crippen LogP contribution in [0.2, 0.25) is 0 Å². The van der Waals surface area contributed by atoms with E-state index in [0.717, 1.165) is 11.6 Å². The molecule has 0 radical (unpaired) electrons. The number of nitrogens with one attached hydrogen (secondary N) is 1. The molecule has 2 aromatic rings. The second-order valence-corrected chi connectivity index (χ2v) is 5.71. The minimum atomic E-state index is -1.17. The van der Waals surface area contributed by atoms with Gasteiger partial charge < -0.3 is 5.32 Å². The minimum absolute atomic E-state index is 0.123. The first-order valence-corrected chi connectivity index (χ1v) is 6.80. The summed E-state index contributed by atoms with van der Waals surface area (Å²) in [4.78, 5) is 0. The average Bonchev–Trinajstić information content (AvgIpc) is 2.45. The molecule has 0 aliphatic rings. The number of hydrogen-bond donors (Lipinski definition) is 1. The molecule has 0 fully saturated rings. The van der Waals surface area contributed by atoms with E-state index >= 15 is 0 Å². The maximum absolute atomic E-state index is 13.5. The van der Waals surface area contributed by atoms with Crippen LogP contribution in [0.1, 0.15) is 25.0 Å². The van der Waals surface area contributed by atoms with Gasteiger partial charge >= 0.3 is 0 Å². The van der Waals surface area contributed by atoms with Crippen LogP contribution in [0.4, 0.5) is 13.2 Å². The van der Waals surface area contributed by atoms with E-state index in [2.05, 4.69) is 19.2 Å². The van der Waals surface area contributed by atoms with E-state index in [-0.39, 0.29) is 17.5 Å². The van der Waals surface area contributed by atoms with Crippen molar-refractivity contribution in [1.29, 1.82) is 0 Å². The third-order valence-electron chi connectivity index (χ3n) is 3.53.